The summed E-state index contributed by atoms with van der Waals surface area (Å²) in [6, 6.07) is 5.85. The summed E-state index contributed by atoms with van der Waals surface area (Å²) in [7, 11) is -0.822. The van der Waals surface area contributed by atoms with Crippen LogP contribution in [0.4, 0.5) is 0 Å². The van der Waals surface area contributed by atoms with E-state index in [-0.39, 0.29) is 22.0 Å². The first-order chi connectivity index (χ1) is 15.7. The highest BCUT2D eigenvalue weighted by Gasteiger charge is 2.31. The van der Waals surface area contributed by atoms with Gasteiger partial charge >= 0.3 is 5.97 Å². The van der Waals surface area contributed by atoms with Gasteiger partial charge in [-0.15, -0.1) is 0 Å². The molecule has 0 amide bonds. The molecule has 0 unspecified atom stereocenters. The maximum absolute atomic E-state index is 13.0. The Balaban J connectivity index is 1.75. The highest BCUT2D eigenvalue weighted by Crippen LogP contribution is 2.30. The molecule has 1 aliphatic rings. The number of carbonyl (C=O) groups excluding carboxylic acids is 2. The van der Waals surface area contributed by atoms with Crippen molar-refractivity contribution in [1.29, 1.82) is 0 Å². The summed E-state index contributed by atoms with van der Waals surface area (Å²) < 4.78 is 44.9. The van der Waals surface area contributed by atoms with Crippen LogP contribution in [0.1, 0.15) is 44.9 Å². The van der Waals surface area contributed by atoms with Gasteiger partial charge in [-0.25, -0.2) is 13.2 Å². The molecule has 1 saturated heterocycles. The molecule has 9 nitrogen and oxygen atoms in total. The van der Waals surface area contributed by atoms with Gasteiger partial charge in [-0.3, -0.25) is 4.79 Å². The molecule has 0 N–H and O–H groups in total. The number of sulfonamides is 1. The molecule has 3 rings (SSSR count). The quantitative estimate of drug-likeness (QED) is 0.382. The molecule has 1 aromatic heterocycles. The fourth-order valence-electron chi connectivity index (χ4n) is 3.98. The van der Waals surface area contributed by atoms with Crippen LogP contribution in [-0.2, 0) is 26.0 Å². The van der Waals surface area contributed by atoms with Crippen molar-refractivity contribution < 1.29 is 32.2 Å². The molecule has 0 bridgehead atoms. The molecule has 0 radical (unpaired) electrons. The third-order valence-electron chi connectivity index (χ3n) is 5.81. The van der Waals surface area contributed by atoms with E-state index in [1.807, 2.05) is 18.4 Å². The minimum atomic E-state index is -3.81. The summed E-state index contributed by atoms with van der Waals surface area (Å²) in [5.41, 5.74) is 2.19. The fraction of sp³-hybridized carbons (Fsp3) is 0.478. The van der Waals surface area contributed by atoms with Gasteiger partial charge in [0.05, 0.1) is 19.3 Å². The average Bonchev–Trinajstić information content (AvgIpc) is 3.44. The van der Waals surface area contributed by atoms with Crippen LogP contribution in [0, 0.1) is 13.8 Å². The molecule has 1 aromatic carbocycles. The Labute approximate surface area is 194 Å². The number of aryl methyl sites for hydroxylation is 1. The van der Waals surface area contributed by atoms with Crippen molar-refractivity contribution in [3.05, 3.63) is 46.8 Å². The van der Waals surface area contributed by atoms with E-state index in [2.05, 4.69) is 0 Å². The molecule has 0 saturated carbocycles. The molecule has 10 heteroatoms. The van der Waals surface area contributed by atoms with Gasteiger partial charge in [0.1, 0.15) is 10.6 Å². The number of methoxy groups -OCH3 is 2. The second-order valence-corrected chi connectivity index (χ2v) is 9.81. The minimum absolute atomic E-state index is 0.0342. The van der Waals surface area contributed by atoms with Gasteiger partial charge in [0.25, 0.3) is 0 Å². The number of ketones is 1. The number of carbonyl (C=O) groups is 2. The lowest BCUT2D eigenvalue weighted by Gasteiger charge is -2.18. The van der Waals surface area contributed by atoms with Gasteiger partial charge in [0.2, 0.25) is 15.8 Å². The normalized spacial score (nSPS) is 14.4. The van der Waals surface area contributed by atoms with Crippen LogP contribution in [0.2, 0.25) is 0 Å². The first-order valence-corrected chi connectivity index (χ1v) is 12.2. The zero-order valence-corrected chi connectivity index (χ0v) is 20.2. The van der Waals surface area contributed by atoms with E-state index in [9.17, 15) is 18.0 Å². The summed E-state index contributed by atoms with van der Waals surface area (Å²) >= 11 is 0. The van der Waals surface area contributed by atoms with Gasteiger partial charge in [0.15, 0.2) is 6.61 Å². The predicted octanol–water partition coefficient (Wildman–Crippen LogP) is 2.58. The van der Waals surface area contributed by atoms with Crippen molar-refractivity contribution in [2.75, 3.05) is 40.5 Å². The molecular weight excluding hydrogens is 448 g/mol. The summed E-state index contributed by atoms with van der Waals surface area (Å²) in [4.78, 5) is 25.2. The van der Waals surface area contributed by atoms with Gasteiger partial charge in [0, 0.05) is 43.7 Å². The maximum atomic E-state index is 13.0. The van der Waals surface area contributed by atoms with E-state index >= 15 is 0 Å². The van der Waals surface area contributed by atoms with Crippen molar-refractivity contribution >= 4 is 21.8 Å². The summed E-state index contributed by atoms with van der Waals surface area (Å²) in [6.07, 6.45) is 1.58. The molecule has 2 aromatic rings. The van der Waals surface area contributed by atoms with Gasteiger partial charge in [-0.05, 0) is 51.0 Å². The van der Waals surface area contributed by atoms with Crippen LogP contribution < -0.4 is 4.74 Å². The minimum Gasteiger partial charge on any atom is -0.495 e. The summed E-state index contributed by atoms with van der Waals surface area (Å²) in [5, 5.41) is 0. The van der Waals surface area contributed by atoms with Crippen LogP contribution in [0.15, 0.2) is 29.2 Å². The van der Waals surface area contributed by atoms with Crippen LogP contribution in [0.5, 0.6) is 5.75 Å². The summed E-state index contributed by atoms with van der Waals surface area (Å²) in [6.45, 7) is 5.25. The standard InChI is InChI=1S/C23H30N2O7S/c1-16-13-19(17(2)25(16)11-12-30-3)20(26)15-32-23(27)18-7-8-21(31-4)22(14-18)33(28,29)24-9-5-6-10-24/h7-8,13-14H,5-6,9-12,15H2,1-4H3. The number of esters is 1. The maximum Gasteiger partial charge on any atom is 0.338 e. The molecule has 2 heterocycles. The Morgan fingerprint density at radius 2 is 1.76 bits per heavy atom. The van der Waals surface area contributed by atoms with Crippen molar-refractivity contribution in [1.82, 2.24) is 8.87 Å². The Morgan fingerprint density at radius 3 is 2.39 bits per heavy atom. The second-order valence-electron chi connectivity index (χ2n) is 7.91. The number of nitrogens with zero attached hydrogens (tertiary/aromatic N) is 2. The van der Waals surface area contributed by atoms with E-state index < -0.39 is 22.6 Å². The van der Waals surface area contributed by atoms with Gasteiger partial charge in [-0.2, -0.15) is 4.31 Å². The first kappa shape index (κ1) is 24.9. The van der Waals surface area contributed by atoms with Crippen molar-refractivity contribution in [3.8, 4) is 5.75 Å². The molecule has 0 aliphatic carbocycles. The number of hydrogen-bond donors (Lipinski definition) is 0. The summed E-state index contributed by atoms with van der Waals surface area (Å²) in [5.74, 6) is -0.964. The van der Waals surface area contributed by atoms with E-state index in [0.29, 0.717) is 31.8 Å². The SMILES string of the molecule is COCCn1c(C)cc(C(=O)COC(=O)c2ccc(OC)c(S(=O)(=O)N3CCCC3)c2)c1C. The molecular formula is C23H30N2O7S. The van der Waals surface area contributed by atoms with Gasteiger partial charge in [-0.1, -0.05) is 0 Å². The van der Waals surface area contributed by atoms with E-state index in [1.165, 1.54) is 29.6 Å². The van der Waals surface area contributed by atoms with Crippen LogP contribution in [-0.4, -0.2) is 69.6 Å². The second kappa shape index (κ2) is 10.5. The van der Waals surface area contributed by atoms with Crippen molar-refractivity contribution in [3.63, 3.8) is 0 Å². The van der Waals surface area contributed by atoms with Crippen LogP contribution in [0.3, 0.4) is 0 Å². The molecule has 180 valence electrons. The molecule has 1 fully saturated rings. The largest absolute Gasteiger partial charge is 0.495 e. The lowest BCUT2D eigenvalue weighted by Crippen LogP contribution is -2.28. The third kappa shape index (κ3) is 5.29. The van der Waals surface area contributed by atoms with E-state index in [0.717, 1.165) is 24.2 Å². The highest BCUT2D eigenvalue weighted by atomic mass is 32.2. The van der Waals surface area contributed by atoms with Crippen molar-refractivity contribution in [2.24, 2.45) is 0 Å². The fourth-order valence-corrected chi connectivity index (χ4v) is 5.67. The molecule has 1 aliphatic heterocycles. The molecule has 0 spiro atoms. The number of Topliss-reactive ketones (excluding diaryl/α,β-unsaturated/α-hetero) is 1. The highest BCUT2D eigenvalue weighted by molar-refractivity contribution is 7.89. The first-order valence-electron chi connectivity index (χ1n) is 10.7. The Hall–Kier alpha value is -2.69. The predicted molar refractivity (Wildman–Crippen MR) is 121 cm³/mol. The topological polar surface area (TPSA) is 104 Å². The number of rotatable bonds is 10. The average molecular weight is 479 g/mol. The zero-order chi connectivity index (χ0) is 24.2. The molecule has 33 heavy (non-hydrogen) atoms. The smallest absolute Gasteiger partial charge is 0.338 e. The number of ether oxygens (including phenoxy) is 3. The number of aromatic nitrogens is 1. The third-order valence-corrected chi connectivity index (χ3v) is 7.73. The van der Waals surface area contributed by atoms with Gasteiger partial charge < -0.3 is 18.8 Å². The molecule has 0 atom stereocenters. The Bertz CT molecular complexity index is 1130. The monoisotopic (exact) mass is 478 g/mol. The number of hydrogen-bond acceptors (Lipinski definition) is 7. The van der Waals surface area contributed by atoms with E-state index in [4.69, 9.17) is 14.2 Å². The zero-order valence-electron chi connectivity index (χ0n) is 19.4. The Kier molecular flexibility index (Phi) is 7.93. The van der Waals surface area contributed by atoms with Crippen molar-refractivity contribution in [2.45, 2.75) is 38.1 Å². The lowest BCUT2D eigenvalue weighted by atomic mass is 10.1. The Morgan fingerprint density at radius 1 is 1.06 bits per heavy atom. The number of benzene rings is 1. The van der Waals surface area contributed by atoms with Crippen LogP contribution in [0.25, 0.3) is 0 Å². The lowest BCUT2D eigenvalue weighted by molar-refractivity contribution is 0.0474. The van der Waals surface area contributed by atoms with E-state index in [1.54, 1.807) is 13.2 Å². The van der Waals surface area contributed by atoms with Crippen LogP contribution >= 0.6 is 0 Å².